The first-order valence-corrected chi connectivity index (χ1v) is 10.2. The lowest BCUT2D eigenvalue weighted by atomic mass is 10.1. The van der Waals surface area contributed by atoms with E-state index < -0.39 is 0 Å². The van der Waals surface area contributed by atoms with E-state index in [0.29, 0.717) is 29.4 Å². The zero-order chi connectivity index (χ0) is 20.8. The molecule has 30 heavy (non-hydrogen) atoms. The van der Waals surface area contributed by atoms with Gasteiger partial charge < -0.3 is 9.84 Å². The van der Waals surface area contributed by atoms with Gasteiger partial charge in [-0.15, -0.1) is 0 Å². The summed E-state index contributed by atoms with van der Waals surface area (Å²) in [5.74, 6) is 1.42. The molecule has 1 heterocycles. The van der Waals surface area contributed by atoms with Gasteiger partial charge in [-0.2, -0.15) is 0 Å². The van der Waals surface area contributed by atoms with Crippen molar-refractivity contribution in [2.45, 2.75) is 19.8 Å². The lowest BCUT2D eigenvalue weighted by Gasteiger charge is -2.12. The summed E-state index contributed by atoms with van der Waals surface area (Å²) >= 11 is 0. The molecule has 4 heteroatoms. The maximum Gasteiger partial charge on any atom is 0.160 e. The molecule has 0 spiro atoms. The fraction of sp³-hybridized carbons (Fsp3) is 0.154. The van der Waals surface area contributed by atoms with Crippen LogP contribution in [0.3, 0.4) is 0 Å². The molecular weight excluding hydrogens is 372 g/mol. The number of phenols is 1. The summed E-state index contributed by atoms with van der Waals surface area (Å²) in [5.41, 5.74) is 4.05. The van der Waals surface area contributed by atoms with Crippen molar-refractivity contribution in [3.63, 3.8) is 0 Å². The highest BCUT2D eigenvalue weighted by atomic mass is 16.5. The van der Waals surface area contributed by atoms with Crippen molar-refractivity contribution in [3.8, 4) is 45.4 Å². The van der Waals surface area contributed by atoms with Gasteiger partial charge in [-0.3, -0.25) is 0 Å². The molecule has 0 aliphatic rings. The Labute approximate surface area is 176 Å². The highest BCUT2D eigenvalue weighted by molar-refractivity contribution is 5.75. The highest BCUT2D eigenvalue weighted by Gasteiger charge is 2.13. The molecule has 4 nitrogen and oxygen atoms in total. The first-order chi connectivity index (χ1) is 14.7. The van der Waals surface area contributed by atoms with Crippen molar-refractivity contribution in [2.24, 2.45) is 0 Å². The molecule has 1 N–H and O–H groups in total. The molecule has 0 bridgehead atoms. The molecule has 0 saturated heterocycles. The monoisotopic (exact) mass is 396 g/mol. The smallest absolute Gasteiger partial charge is 0.160 e. The number of nitrogens with zero attached hydrogens (tertiary/aromatic N) is 2. The van der Waals surface area contributed by atoms with Crippen LogP contribution in [0.2, 0.25) is 0 Å². The molecule has 0 radical (unpaired) electrons. The summed E-state index contributed by atoms with van der Waals surface area (Å²) in [5, 5.41) is 10.7. The van der Waals surface area contributed by atoms with Crippen LogP contribution >= 0.6 is 0 Å². The van der Waals surface area contributed by atoms with Crippen molar-refractivity contribution in [3.05, 3.63) is 84.9 Å². The van der Waals surface area contributed by atoms with E-state index in [1.165, 1.54) is 0 Å². The van der Waals surface area contributed by atoms with E-state index in [-0.39, 0.29) is 5.75 Å². The second-order valence-electron chi connectivity index (χ2n) is 7.08. The van der Waals surface area contributed by atoms with Crippen LogP contribution in [-0.4, -0.2) is 21.7 Å². The summed E-state index contributed by atoms with van der Waals surface area (Å²) in [4.78, 5) is 9.53. The second-order valence-corrected chi connectivity index (χ2v) is 7.08. The highest BCUT2D eigenvalue weighted by Crippen LogP contribution is 2.34. The Balaban J connectivity index is 1.77. The molecule has 0 saturated carbocycles. The topological polar surface area (TPSA) is 55.2 Å². The summed E-state index contributed by atoms with van der Waals surface area (Å²) in [6.45, 7) is 2.76. The predicted octanol–water partition coefficient (Wildman–Crippen LogP) is 6.36. The predicted molar refractivity (Wildman–Crippen MR) is 120 cm³/mol. The molecular formula is C26H24N2O2. The third-order valence-electron chi connectivity index (χ3n) is 4.84. The van der Waals surface area contributed by atoms with Crippen molar-refractivity contribution in [1.29, 1.82) is 0 Å². The maximum atomic E-state index is 10.7. The molecule has 1 aromatic heterocycles. The van der Waals surface area contributed by atoms with Crippen LogP contribution in [0.5, 0.6) is 11.5 Å². The molecule has 0 aliphatic carbocycles. The zero-order valence-electron chi connectivity index (χ0n) is 17.0. The lowest BCUT2D eigenvalue weighted by Crippen LogP contribution is -1.98. The molecule has 0 atom stereocenters. The Morgan fingerprint density at radius 3 is 2.10 bits per heavy atom. The fourth-order valence-electron chi connectivity index (χ4n) is 3.21. The minimum Gasteiger partial charge on any atom is -0.507 e. The molecule has 3 aromatic carbocycles. The van der Waals surface area contributed by atoms with Crippen LogP contribution in [0.1, 0.15) is 19.8 Å². The molecule has 0 fully saturated rings. The van der Waals surface area contributed by atoms with Crippen LogP contribution in [0.15, 0.2) is 84.9 Å². The summed E-state index contributed by atoms with van der Waals surface area (Å²) in [7, 11) is 0. The maximum absolute atomic E-state index is 10.7. The van der Waals surface area contributed by atoms with Crippen LogP contribution < -0.4 is 4.74 Å². The molecule has 0 amide bonds. The Hall–Kier alpha value is -3.66. The van der Waals surface area contributed by atoms with E-state index in [2.05, 4.69) is 6.92 Å². The van der Waals surface area contributed by atoms with Crippen LogP contribution in [0.4, 0.5) is 0 Å². The fourth-order valence-corrected chi connectivity index (χ4v) is 3.21. The minimum atomic E-state index is 0.140. The molecule has 4 rings (SSSR count). The quantitative estimate of drug-likeness (QED) is 0.369. The lowest BCUT2D eigenvalue weighted by molar-refractivity contribution is 0.308. The van der Waals surface area contributed by atoms with Gasteiger partial charge in [0.1, 0.15) is 11.5 Å². The van der Waals surface area contributed by atoms with Crippen molar-refractivity contribution < 1.29 is 9.84 Å². The zero-order valence-corrected chi connectivity index (χ0v) is 17.0. The van der Waals surface area contributed by atoms with Gasteiger partial charge in [-0.05, 0) is 24.6 Å². The number of benzene rings is 3. The third-order valence-corrected chi connectivity index (χ3v) is 4.84. The Morgan fingerprint density at radius 2 is 1.43 bits per heavy atom. The van der Waals surface area contributed by atoms with Gasteiger partial charge in [-0.1, -0.05) is 74.0 Å². The molecule has 150 valence electrons. The van der Waals surface area contributed by atoms with E-state index >= 15 is 0 Å². The van der Waals surface area contributed by atoms with Crippen molar-refractivity contribution >= 4 is 0 Å². The minimum absolute atomic E-state index is 0.140. The number of hydrogen-bond donors (Lipinski definition) is 1. The number of rotatable bonds is 7. The van der Waals surface area contributed by atoms with Gasteiger partial charge >= 0.3 is 0 Å². The molecule has 0 unspecified atom stereocenters. The number of aromatic hydroxyl groups is 1. The summed E-state index contributed by atoms with van der Waals surface area (Å²) < 4.78 is 5.71. The third kappa shape index (κ3) is 4.49. The standard InChI is InChI=1S/C26H24N2O2/c1-2-3-16-30-21-14-15-22(25(29)17-21)24-18-23(19-10-6-4-7-11-19)27-26(28-24)20-12-8-5-9-13-20/h4-15,17-18,29H,2-3,16H2,1H3. The van der Waals surface area contributed by atoms with Gasteiger partial charge in [-0.25, -0.2) is 9.97 Å². The van der Waals surface area contributed by atoms with E-state index in [0.717, 1.165) is 29.7 Å². The first kappa shape index (κ1) is 19.6. The number of unbranched alkanes of at least 4 members (excludes halogenated alkanes) is 1. The van der Waals surface area contributed by atoms with E-state index in [9.17, 15) is 5.11 Å². The Kier molecular flexibility index (Phi) is 6.04. The Morgan fingerprint density at radius 1 is 0.767 bits per heavy atom. The van der Waals surface area contributed by atoms with Crippen molar-refractivity contribution in [2.75, 3.05) is 6.61 Å². The molecule has 4 aromatic rings. The number of phenolic OH excluding ortho intramolecular Hbond substituents is 1. The van der Waals surface area contributed by atoms with Crippen molar-refractivity contribution in [1.82, 2.24) is 9.97 Å². The normalized spacial score (nSPS) is 10.7. The van der Waals surface area contributed by atoms with Crippen LogP contribution in [0, 0.1) is 0 Å². The van der Waals surface area contributed by atoms with E-state index in [4.69, 9.17) is 14.7 Å². The number of aromatic nitrogens is 2. The van der Waals surface area contributed by atoms with Gasteiger partial charge in [0.15, 0.2) is 5.82 Å². The van der Waals surface area contributed by atoms with E-state index in [1.807, 2.05) is 78.9 Å². The summed E-state index contributed by atoms with van der Waals surface area (Å²) in [6.07, 6.45) is 2.05. The first-order valence-electron chi connectivity index (χ1n) is 10.2. The second kappa shape index (κ2) is 9.23. The molecule has 0 aliphatic heterocycles. The average Bonchev–Trinajstić information content (AvgIpc) is 2.80. The van der Waals surface area contributed by atoms with Gasteiger partial charge in [0.2, 0.25) is 0 Å². The average molecular weight is 396 g/mol. The van der Waals surface area contributed by atoms with E-state index in [1.54, 1.807) is 6.07 Å². The number of ether oxygens (including phenoxy) is 1. The van der Waals surface area contributed by atoms with Crippen LogP contribution in [0.25, 0.3) is 33.9 Å². The number of hydrogen-bond acceptors (Lipinski definition) is 4. The van der Waals surface area contributed by atoms with Gasteiger partial charge in [0, 0.05) is 22.8 Å². The van der Waals surface area contributed by atoms with Gasteiger partial charge in [0.05, 0.1) is 18.0 Å². The van der Waals surface area contributed by atoms with Crippen LogP contribution in [-0.2, 0) is 0 Å². The largest absolute Gasteiger partial charge is 0.507 e. The SMILES string of the molecule is CCCCOc1ccc(-c2cc(-c3ccccc3)nc(-c3ccccc3)n2)c(O)c1. The summed E-state index contributed by atoms with van der Waals surface area (Å²) in [6, 6.07) is 27.1. The Bertz CT molecular complexity index is 1050. The van der Waals surface area contributed by atoms with Gasteiger partial charge in [0.25, 0.3) is 0 Å².